The van der Waals surface area contributed by atoms with Gasteiger partial charge in [0.25, 0.3) is 0 Å². The van der Waals surface area contributed by atoms with Crippen molar-refractivity contribution < 1.29 is 9.59 Å². The first-order valence-corrected chi connectivity index (χ1v) is 8.26. The summed E-state index contributed by atoms with van der Waals surface area (Å²) in [5.74, 6) is -0.176. The van der Waals surface area contributed by atoms with Crippen LogP contribution in [0.4, 0.5) is 5.69 Å². The molecule has 4 heteroatoms. The quantitative estimate of drug-likeness (QED) is 0.909. The molecule has 0 aliphatic heterocycles. The highest BCUT2D eigenvalue weighted by atomic mass is 16.2. The minimum Gasteiger partial charge on any atom is -0.352 e. The van der Waals surface area contributed by atoms with E-state index in [9.17, 15) is 9.59 Å². The first kappa shape index (κ1) is 16.5. The van der Waals surface area contributed by atoms with E-state index in [0.717, 1.165) is 24.9 Å². The lowest BCUT2D eigenvalue weighted by Gasteiger charge is -2.25. The molecule has 4 nitrogen and oxygen atoms in total. The molecule has 1 aliphatic carbocycles. The van der Waals surface area contributed by atoms with Gasteiger partial charge in [-0.1, -0.05) is 38.3 Å². The second kappa shape index (κ2) is 7.97. The molecule has 0 heterocycles. The van der Waals surface area contributed by atoms with Gasteiger partial charge in [-0.25, -0.2) is 0 Å². The maximum absolute atomic E-state index is 12.2. The zero-order valence-electron chi connectivity index (χ0n) is 13.6. The molecule has 0 aromatic heterocycles. The van der Waals surface area contributed by atoms with E-state index in [4.69, 9.17) is 0 Å². The van der Waals surface area contributed by atoms with Gasteiger partial charge in [-0.05, 0) is 37.0 Å². The first-order chi connectivity index (χ1) is 10.6. The molecule has 1 aliphatic rings. The molecule has 0 unspecified atom stereocenters. The summed E-state index contributed by atoms with van der Waals surface area (Å²) < 4.78 is 0. The number of anilines is 1. The van der Waals surface area contributed by atoms with E-state index in [2.05, 4.69) is 12.2 Å². The Morgan fingerprint density at radius 2 is 1.77 bits per heavy atom. The van der Waals surface area contributed by atoms with Crippen LogP contribution >= 0.6 is 0 Å². The van der Waals surface area contributed by atoms with Gasteiger partial charge in [0.05, 0.1) is 0 Å². The van der Waals surface area contributed by atoms with Crippen molar-refractivity contribution >= 4 is 17.5 Å². The van der Waals surface area contributed by atoms with Crippen molar-refractivity contribution in [2.24, 2.45) is 0 Å². The van der Waals surface area contributed by atoms with Gasteiger partial charge in [0, 0.05) is 18.7 Å². The third kappa shape index (κ3) is 4.58. The van der Waals surface area contributed by atoms with Crippen LogP contribution in [-0.2, 0) is 16.0 Å². The molecule has 0 bridgehead atoms. The summed E-state index contributed by atoms with van der Waals surface area (Å²) in [6.07, 6.45) is 6.69. The topological polar surface area (TPSA) is 49.4 Å². The van der Waals surface area contributed by atoms with Crippen molar-refractivity contribution in [2.75, 3.05) is 11.4 Å². The van der Waals surface area contributed by atoms with Gasteiger partial charge in [-0.2, -0.15) is 0 Å². The summed E-state index contributed by atoms with van der Waals surface area (Å²) in [7, 11) is 0. The smallest absolute Gasteiger partial charge is 0.240 e. The molecular weight excluding hydrogens is 276 g/mol. The number of aryl methyl sites for hydroxylation is 1. The van der Waals surface area contributed by atoms with Crippen LogP contribution in [0.3, 0.4) is 0 Å². The Labute approximate surface area is 132 Å². The van der Waals surface area contributed by atoms with Crippen LogP contribution in [0, 0.1) is 0 Å². The van der Waals surface area contributed by atoms with Crippen LogP contribution in [0.5, 0.6) is 0 Å². The van der Waals surface area contributed by atoms with Crippen LogP contribution in [0.15, 0.2) is 24.3 Å². The zero-order valence-corrected chi connectivity index (χ0v) is 13.6. The molecule has 0 saturated heterocycles. The fourth-order valence-electron chi connectivity index (χ4n) is 2.96. The summed E-state index contributed by atoms with van der Waals surface area (Å²) in [4.78, 5) is 25.6. The van der Waals surface area contributed by atoms with Crippen molar-refractivity contribution in [1.29, 1.82) is 0 Å². The number of nitrogens with one attached hydrogen (secondary N) is 1. The lowest BCUT2D eigenvalue weighted by molar-refractivity contribution is -0.123. The highest BCUT2D eigenvalue weighted by Gasteiger charge is 2.19. The number of benzene rings is 1. The van der Waals surface area contributed by atoms with Crippen molar-refractivity contribution in [3.8, 4) is 0 Å². The van der Waals surface area contributed by atoms with E-state index in [0.29, 0.717) is 0 Å². The summed E-state index contributed by atoms with van der Waals surface area (Å²) in [6, 6.07) is 8.11. The Hall–Kier alpha value is -1.84. The van der Waals surface area contributed by atoms with Gasteiger partial charge in [0.1, 0.15) is 6.54 Å². The van der Waals surface area contributed by atoms with Crippen LogP contribution < -0.4 is 10.2 Å². The van der Waals surface area contributed by atoms with E-state index < -0.39 is 0 Å². The predicted octanol–water partition coefficient (Wildman–Crippen LogP) is 3.05. The van der Waals surface area contributed by atoms with Crippen LogP contribution in [-0.4, -0.2) is 24.4 Å². The maximum atomic E-state index is 12.2. The summed E-state index contributed by atoms with van der Waals surface area (Å²) in [6.45, 7) is 3.69. The number of amides is 2. The first-order valence-electron chi connectivity index (χ1n) is 8.26. The molecule has 1 saturated carbocycles. The van der Waals surface area contributed by atoms with Gasteiger partial charge in [-0.15, -0.1) is 0 Å². The van der Waals surface area contributed by atoms with Gasteiger partial charge >= 0.3 is 0 Å². The number of nitrogens with zero attached hydrogens (tertiary/aromatic N) is 1. The predicted molar refractivity (Wildman–Crippen MR) is 88.9 cm³/mol. The second-order valence-corrected chi connectivity index (χ2v) is 6.03. The SMILES string of the molecule is CCc1ccc(N(CC(=O)NC2CCCCC2)C(C)=O)cc1. The molecule has 2 rings (SSSR count). The average molecular weight is 302 g/mol. The molecule has 1 aromatic rings. The molecule has 22 heavy (non-hydrogen) atoms. The number of rotatable bonds is 5. The van der Waals surface area contributed by atoms with Crippen molar-refractivity contribution in [3.63, 3.8) is 0 Å². The third-order valence-electron chi connectivity index (χ3n) is 4.31. The van der Waals surface area contributed by atoms with Crippen molar-refractivity contribution in [3.05, 3.63) is 29.8 Å². The van der Waals surface area contributed by atoms with Crippen LogP contribution in [0.25, 0.3) is 0 Å². The lowest BCUT2D eigenvalue weighted by Crippen LogP contribution is -2.44. The monoisotopic (exact) mass is 302 g/mol. The molecule has 2 amide bonds. The number of hydrogen-bond donors (Lipinski definition) is 1. The largest absolute Gasteiger partial charge is 0.352 e. The highest BCUT2D eigenvalue weighted by molar-refractivity contribution is 5.97. The third-order valence-corrected chi connectivity index (χ3v) is 4.31. The average Bonchev–Trinajstić information content (AvgIpc) is 2.53. The molecule has 1 N–H and O–H groups in total. The minimum absolute atomic E-state index is 0.0679. The van der Waals surface area contributed by atoms with Crippen molar-refractivity contribution in [1.82, 2.24) is 5.32 Å². The molecule has 0 spiro atoms. The second-order valence-electron chi connectivity index (χ2n) is 6.03. The number of carbonyl (C=O) groups excluding carboxylic acids is 2. The van der Waals surface area contributed by atoms with E-state index >= 15 is 0 Å². The van der Waals surface area contributed by atoms with Gasteiger partial charge in [0.15, 0.2) is 0 Å². The Balaban J connectivity index is 1.98. The standard InChI is InChI=1S/C18H26N2O2/c1-3-15-9-11-17(12-10-15)20(14(2)21)13-18(22)19-16-7-5-4-6-8-16/h9-12,16H,3-8,13H2,1-2H3,(H,19,22). The Morgan fingerprint density at radius 3 is 2.32 bits per heavy atom. The Morgan fingerprint density at radius 1 is 1.14 bits per heavy atom. The van der Waals surface area contributed by atoms with Gasteiger partial charge in [0.2, 0.25) is 11.8 Å². The summed E-state index contributed by atoms with van der Waals surface area (Å²) in [5, 5.41) is 3.06. The zero-order chi connectivity index (χ0) is 15.9. The number of hydrogen-bond acceptors (Lipinski definition) is 2. The maximum Gasteiger partial charge on any atom is 0.240 e. The van der Waals surface area contributed by atoms with Gasteiger partial charge in [-0.3, -0.25) is 9.59 Å². The molecule has 1 aromatic carbocycles. The normalized spacial score (nSPS) is 15.4. The molecule has 0 atom stereocenters. The minimum atomic E-state index is -0.108. The fourth-order valence-corrected chi connectivity index (χ4v) is 2.96. The highest BCUT2D eigenvalue weighted by Crippen LogP contribution is 2.18. The van der Waals surface area contributed by atoms with E-state index in [1.54, 1.807) is 0 Å². The van der Waals surface area contributed by atoms with Crippen LogP contribution in [0.1, 0.15) is 51.5 Å². The molecule has 0 radical (unpaired) electrons. The molecular formula is C18H26N2O2. The summed E-state index contributed by atoms with van der Waals surface area (Å²) >= 11 is 0. The lowest BCUT2D eigenvalue weighted by atomic mass is 9.95. The van der Waals surface area contributed by atoms with E-state index in [1.165, 1.54) is 36.6 Å². The summed E-state index contributed by atoms with van der Waals surface area (Å²) in [5.41, 5.74) is 2.00. The van der Waals surface area contributed by atoms with Gasteiger partial charge < -0.3 is 10.2 Å². The Bertz CT molecular complexity index is 504. The van der Waals surface area contributed by atoms with E-state index in [1.807, 2.05) is 24.3 Å². The fraction of sp³-hybridized carbons (Fsp3) is 0.556. The number of carbonyl (C=O) groups is 2. The van der Waals surface area contributed by atoms with Crippen LogP contribution in [0.2, 0.25) is 0 Å². The van der Waals surface area contributed by atoms with Crippen molar-refractivity contribution in [2.45, 2.75) is 58.4 Å². The molecule has 120 valence electrons. The Kier molecular flexibility index (Phi) is 5.99. The van der Waals surface area contributed by atoms with E-state index in [-0.39, 0.29) is 24.4 Å². The molecule has 1 fully saturated rings.